The van der Waals surface area contributed by atoms with E-state index in [1.165, 1.54) is 0 Å². The van der Waals surface area contributed by atoms with Crippen molar-refractivity contribution in [2.24, 2.45) is 0 Å². The first-order chi connectivity index (χ1) is 7.70. The van der Waals surface area contributed by atoms with Crippen LogP contribution in [0.5, 0.6) is 0 Å². The predicted molar refractivity (Wildman–Crippen MR) is 65.8 cm³/mol. The largest absolute Gasteiger partial charge is 0.424 e. The fraction of sp³-hybridized carbons (Fsp3) is 0.250. The Bertz CT molecular complexity index is 459. The minimum atomic E-state index is 0.534. The summed E-state index contributed by atoms with van der Waals surface area (Å²) in [6.07, 6.45) is 1.72. The molecule has 0 bridgehead atoms. The second kappa shape index (κ2) is 4.26. The third kappa shape index (κ3) is 2.00. The maximum absolute atomic E-state index is 5.48. The van der Waals surface area contributed by atoms with Crippen molar-refractivity contribution >= 4 is 11.7 Å². The highest BCUT2D eigenvalue weighted by atomic mass is 16.4. The number of anilines is 2. The number of hydrogen-bond donors (Lipinski definition) is 1. The molecule has 0 radical (unpaired) electrons. The standard InChI is InChI=1S/C12H15N3O/c1-13-12-14-8-11(16-12)9-4-6-10(7-5-9)15(2)3/h4-8H,1-3H3,(H,13,14). The summed E-state index contributed by atoms with van der Waals surface area (Å²) >= 11 is 0. The van der Waals surface area contributed by atoms with Crippen LogP contribution in [0, 0.1) is 0 Å². The molecule has 0 amide bonds. The van der Waals surface area contributed by atoms with Gasteiger partial charge < -0.3 is 14.6 Å². The molecule has 0 spiro atoms. The van der Waals surface area contributed by atoms with Gasteiger partial charge in [-0.2, -0.15) is 0 Å². The average Bonchev–Trinajstić information content (AvgIpc) is 2.77. The van der Waals surface area contributed by atoms with E-state index in [1.807, 2.05) is 26.2 Å². The lowest BCUT2D eigenvalue weighted by Gasteiger charge is -2.11. The van der Waals surface area contributed by atoms with Gasteiger partial charge in [0, 0.05) is 32.4 Å². The summed E-state index contributed by atoms with van der Waals surface area (Å²) in [6.45, 7) is 0. The summed E-state index contributed by atoms with van der Waals surface area (Å²) in [5.41, 5.74) is 2.19. The monoisotopic (exact) mass is 217 g/mol. The molecular formula is C12H15N3O. The summed E-state index contributed by atoms with van der Waals surface area (Å²) in [5.74, 6) is 0.773. The van der Waals surface area contributed by atoms with E-state index in [0.717, 1.165) is 17.0 Å². The molecular weight excluding hydrogens is 202 g/mol. The second-order valence-corrected chi connectivity index (χ2v) is 3.72. The van der Waals surface area contributed by atoms with Crippen molar-refractivity contribution in [1.29, 1.82) is 0 Å². The molecule has 2 aromatic rings. The summed E-state index contributed by atoms with van der Waals surface area (Å²) in [6, 6.07) is 8.69. The highest BCUT2D eigenvalue weighted by Gasteiger charge is 2.05. The van der Waals surface area contributed by atoms with Gasteiger partial charge in [-0.25, -0.2) is 4.98 Å². The number of nitrogens with one attached hydrogen (secondary N) is 1. The van der Waals surface area contributed by atoms with Crippen LogP contribution in [0.1, 0.15) is 0 Å². The van der Waals surface area contributed by atoms with Crippen LogP contribution in [-0.2, 0) is 0 Å². The number of aromatic nitrogens is 1. The zero-order chi connectivity index (χ0) is 11.5. The summed E-state index contributed by atoms with van der Waals surface area (Å²) < 4.78 is 5.48. The van der Waals surface area contributed by atoms with Crippen molar-refractivity contribution in [1.82, 2.24) is 4.98 Å². The van der Waals surface area contributed by atoms with Crippen molar-refractivity contribution in [2.75, 3.05) is 31.4 Å². The normalized spacial score (nSPS) is 10.2. The van der Waals surface area contributed by atoms with E-state index in [9.17, 15) is 0 Å². The summed E-state index contributed by atoms with van der Waals surface area (Å²) in [5, 5.41) is 2.86. The molecule has 1 heterocycles. The maximum atomic E-state index is 5.48. The third-order valence-corrected chi connectivity index (χ3v) is 2.39. The van der Waals surface area contributed by atoms with Crippen LogP contribution in [0.2, 0.25) is 0 Å². The van der Waals surface area contributed by atoms with Gasteiger partial charge in [0.15, 0.2) is 5.76 Å². The van der Waals surface area contributed by atoms with Crippen LogP contribution in [0.25, 0.3) is 11.3 Å². The van der Waals surface area contributed by atoms with E-state index in [0.29, 0.717) is 6.01 Å². The first kappa shape index (κ1) is 10.5. The van der Waals surface area contributed by atoms with Gasteiger partial charge in [0.05, 0.1) is 6.20 Å². The zero-order valence-electron chi connectivity index (χ0n) is 9.69. The third-order valence-electron chi connectivity index (χ3n) is 2.39. The van der Waals surface area contributed by atoms with Crippen LogP contribution < -0.4 is 10.2 Å². The highest BCUT2D eigenvalue weighted by Crippen LogP contribution is 2.24. The first-order valence-corrected chi connectivity index (χ1v) is 5.12. The van der Waals surface area contributed by atoms with Gasteiger partial charge in [0.25, 0.3) is 6.01 Å². The van der Waals surface area contributed by atoms with Crippen LogP contribution in [-0.4, -0.2) is 26.1 Å². The van der Waals surface area contributed by atoms with Crippen molar-refractivity contribution in [2.45, 2.75) is 0 Å². The van der Waals surface area contributed by atoms with Crippen LogP contribution >= 0.6 is 0 Å². The quantitative estimate of drug-likeness (QED) is 0.857. The molecule has 0 saturated heterocycles. The van der Waals surface area contributed by atoms with E-state index in [-0.39, 0.29) is 0 Å². The molecule has 0 unspecified atom stereocenters. The smallest absolute Gasteiger partial charge is 0.294 e. The van der Waals surface area contributed by atoms with E-state index >= 15 is 0 Å². The zero-order valence-corrected chi connectivity index (χ0v) is 9.69. The number of nitrogens with zero attached hydrogens (tertiary/aromatic N) is 2. The van der Waals surface area contributed by atoms with Crippen molar-refractivity contribution in [3.63, 3.8) is 0 Å². The second-order valence-electron chi connectivity index (χ2n) is 3.72. The van der Waals surface area contributed by atoms with Gasteiger partial charge in [-0.15, -0.1) is 0 Å². The lowest BCUT2D eigenvalue weighted by atomic mass is 10.1. The Balaban J connectivity index is 2.27. The molecule has 0 atom stereocenters. The van der Waals surface area contributed by atoms with E-state index < -0.39 is 0 Å². The van der Waals surface area contributed by atoms with E-state index in [1.54, 1.807) is 13.2 Å². The molecule has 16 heavy (non-hydrogen) atoms. The molecule has 1 aromatic heterocycles. The Kier molecular flexibility index (Phi) is 2.81. The number of rotatable bonds is 3. The molecule has 1 aromatic carbocycles. The molecule has 0 aliphatic rings. The van der Waals surface area contributed by atoms with Crippen molar-refractivity contribution in [3.05, 3.63) is 30.5 Å². The van der Waals surface area contributed by atoms with Crippen molar-refractivity contribution in [3.8, 4) is 11.3 Å². The van der Waals surface area contributed by atoms with Gasteiger partial charge in [-0.3, -0.25) is 0 Å². The lowest BCUT2D eigenvalue weighted by molar-refractivity contribution is 0.589. The molecule has 0 saturated carbocycles. The Labute approximate surface area is 94.9 Å². The first-order valence-electron chi connectivity index (χ1n) is 5.12. The maximum Gasteiger partial charge on any atom is 0.294 e. The fourth-order valence-electron chi connectivity index (χ4n) is 1.45. The van der Waals surface area contributed by atoms with E-state index in [4.69, 9.17) is 4.42 Å². The van der Waals surface area contributed by atoms with Gasteiger partial charge >= 0.3 is 0 Å². The van der Waals surface area contributed by atoms with Crippen molar-refractivity contribution < 1.29 is 4.42 Å². The van der Waals surface area contributed by atoms with Gasteiger partial charge in [-0.1, -0.05) is 0 Å². The highest BCUT2D eigenvalue weighted by molar-refractivity contribution is 5.61. The van der Waals surface area contributed by atoms with Gasteiger partial charge in [0.2, 0.25) is 0 Å². The summed E-state index contributed by atoms with van der Waals surface area (Å²) in [4.78, 5) is 6.14. The summed E-state index contributed by atoms with van der Waals surface area (Å²) in [7, 11) is 5.82. The number of oxazole rings is 1. The number of hydrogen-bond acceptors (Lipinski definition) is 4. The van der Waals surface area contributed by atoms with Crippen LogP contribution in [0.4, 0.5) is 11.7 Å². The van der Waals surface area contributed by atoms with Crippen LogP contribution in [0.3, 0.4) is 0 Å². The van der Waals surface area contributed by atoms with Gasteiger partial charge in [0.1, 0.15) is 0 Å². The lowest BCUT2D eigenvalue weighted by Crippen LogP contribution is -2.07. The Morgan fingerprint density at radius 2 is 1.88 bits per heavy atom. The molecule has 0 aliphatic carbocycles. The van der Waals surface area contributed by atoms with E-state index in [2.05, 4.69) is 27.3 Å². The molecule has 1 N–H and O–H groups in total. The topological polar surface area (TPSA) is 41.3 Å². The Morgan fingerprint density at radius 3 is 2.38 bits per heavy atom. The molecule has 2 rings (SSSR count). The fourth-order valence-corrected chi connectivity index (χ4v) is 1.45. The molecule has 84 valence electrons. The minimum absolute atomic E-state index is 0.534. The average molecular weight is 217 g/mol. The predicted octanol–water partition coefficient (Wildman–Crippen LogP) is 2.45. The molecule has 4 heteroatoms. The minimum Gasteiger partial charge on any atom is -0.424 e. The molecule has 0 fully saturated rings. The Hall–Kier alpha value is -1.97. The van der Waals surface area contributed by atoms with Crippen LogP contribution in [0.15, 0.2) is 34.9 Å². The Morgan fingerprint density at radius 1 is 1.19 bits per heavy atom. The number of benzene rings is 1. The molecule has 4 nitrogen and oxygen atoms in total. The van der Waals surface area contributed by atoms with Gasteiger partial charge in [-0.05, 0) is 24.3 Å². The molecule has 0 aliphatic heterocycles. The SMILES string of the molecule is CNc1ncc(-c2ccc(N(C)C)cc2)o1.